The number of hydrogen-bond donors (Lipinski definition) is 1. The van der Waals surface area contributed by atoms with Crippen molar-refractivity contribution in [2.45, 2.75) is 12.8 Å². The summed E-state index contributed by atoms with van der Waals surface area (Å²) >= 11 is 6.05. The van der Waals surface area contributed by atoms with E-state index in [0.29, 0.717) is 17.3 Å². The maximum atomic E-state index is 10.8. The molecule has 0 spiro atoms. The zero-order valence-corrected chi connectivity index (χ0v) is 11.8. The van der Waals surface area contributed by atoms with Crippen LogP contribution in [0.15, 0.2) is 48.5 Å². The molecule has 0 radical (unpaired) electrons. The molecule has 0 saturated carbocycles. The summed E-state index contributed by atoms with van der Waals surface area (Å²) in [4.78, 5) is 10.3. The Morgan fingerprint density at radius 1 is 1.25 bits per heavy atom. The number of nitro benzene ring substituents is 1. The van der Waals surface area contributed by atoms with Gasteiger partial charge in [0.2, 0.25) is 0 Å². The Balaban J connectivity index is 2.07. The van der Waals surface area contributed by atoms with E-state index in [4.69, 9.17) is 11.6 Å². The van der Waals surface area contributed by atoms with Crippen LogP contribution in [0.3, 0.4) is 0 Å². The maximum Gasteiger partial charge on any atom is 0.271 e. The molecule has 0 saturated heterocycles. The predicted octanol–water partition coefficient (Wildman–Crippen LogP) is 4.46. The van der Waals surface area contributed by atoms with E-state index in [-0.39, 0.29) is 11.6 Å². The molecule has 0 aromatic heterocycles. The topological polar surface area (TPSA) is 55.2 Å². The highest BCUT2D eigenvalue weighted by molar-refractivity contribution is 6.33. The van der Waals surface area contributed by atoms with Crippen molar-refractivity contribution in [2.24, 2.45) is 0 Å². The quantitative estimate of drug-likeness (QED) is 0.653. The van der Waals surface area contributed by atoms with E-state index in [1.807, 2.05) is 18.2 Å². The Kier molecular flexibility index (Phi) is 4.58. The van der Waals surface area contributed by atoms with Gasteiger partial charge in [0, 0.05) is 18.7 Å². The number of nitrogens with zero attached hydrogens (tertiary/aromatic N) is 1. The van der Waals surface area contributed by atoms with Crippen LogP contribution in [0.2, 0.25) is 5.02 Å². The number of benzene rings is 2. The smallest absolute Gasteiger partial charge is 0.271 e. The molecule has 2 rings (SSSR count). The van der Waals surface area contributed by atoms with Crippen LogP contribution in [0.25, 0.3) is 0 Å². The minimum atomic E-state index is -0.428. The molecule has 5 heteroatoms. The molecule has 0 aliphatic rings. The van der Waals surface area contributed by atoms with Gasteiger partial charge in [-0.1, -0.05) is 48.9 Å². The first-order valence-electron chi connectivity index (χ1n) is 6.30. The zero-order chi connectivity index (χ0) is 14.5. The lowest BCUT2D eigenvalue weighted by atomic mass is 10.0. The van der Waals surface area contributed by atoms with Crippen molar-refractivity contribution in [3.63, 3.8) is 0 Å². The third kappa shape index (κ3) is 3.48. The first-order chi connectivity index (χ1) is 9.58. The van der Waals surface area contributed by atoms with E-state index in [1.165, 1.54) is 23.8 Å². The fourth-order valence-corrected chi connectivity index (χ4v) is 2.11. The van der Waals surface area contributed by atoms with Crippen molar-refractivity contribution in [1.29, 1.82) is 0 Å². The van der Waals surface area contributed by atoms with Crippen LogP contribution in [0.5, 0.6) is 0 Å². The molecule has 0 fully saturated rings. The van der Waals surface area contributed by atoms with Gasteiger partial charge in [-0.25, -0.2) is 0 Å². The lowest BCUT2D eigenvalue weighted by Gasteiger charge is -2.14. The van der Waals surface area contributed by atoms with E-state index >= 15 is 0 Å². The van der Waals surface area contributed by atoms with E-state index in [1.54, 1.807) is 0 Å². The van der Waals surface area contributed by atoms with Crippen LogP contribution in [-0.4, -0.2) is 11.5 Å². The Hall–Kier alpha value is -2.07. The van der Waals surface area contributed by atoms with Crippen LogP contribution in [-0.2, 0) is 0 Å². The average Bonchev–Trinajstić information content (AvgIpc) is 2.46. The Morgan fingerprint density at radius 2 is 1.95 bits per heavy atom. The summed E-state index contributed by atoms with van der Waals surface area (Å²) in [6.45, 7) is 2.75. The molecule has 2 aromatic carbocycles. The van der Waals surface area contributed by atoms with Crippen LogP contribution in [0.1, 0.15) is 18.4 Å². The van der Waals surface area contributed by atoms with Crippen molar-refractivity contribution in [2.75, 3.05) is 11.9 Å². The minimum absolute atomic E-state index is 0.0317. The van der Waals surface area contributed by atoms with Gasteiger partial charge in [0.25, 0.3) is 5.69 Å². The van der Waals surface area contributed by atoms with Gasteiger partial charge in [-0.15, -0.1) is 0 Å². The van der Waals surface area contributed by atoms with E-state index in [9.17, 15) is 10.1 Å². The third-order valence-electron chi connectivity index (χ3n) is 3.13. The normalized spacial score (nSPS) is 11.9. The molecule has 20 heavy (non-hydrogen) atoms. The maximum absolute atomic E-state index is 10.8. The first-order valence-corrected chi connectivity index (χ1v) is 6.68. The highest BCUT2D eigenvalue weighted by Gasteiger charge is 2.11. The number of rotatable bonds is 5. The van der Waals surface area contributed by atoms with E-state index < -0.39 is 4.92 Å². The Morgan fingerprint density at radius 3 is 2.60 bits per heavy atom. The van der Waals surface area contributed by atoms with Gasteiger partial charge in [-0.2, -0.15) is 0 Å². The molecular formula is C15H15ClN2O2. The largest absolute Gasteiger partial charge is 0.383 e. The minimum Gasteiger partial charge on any atom is -0.383 e. The Bertz CT molecular complexity index is 602. The van der Waals surface area contributed by atoms with Crippen LogP contribution >= 0.6 is 11.6 Å². The molecule has 1 atom stereocenters. The fraction of sp³-hybridized carbons (Fsp3) is 0.200. The summed E-state index contributed by atoms with van der Waals surface area (Å²) in [6, 6.07) is 14.5. The van der Waals surface area contributed by atoms with Crippen molar-refractivity contribution in [1.82, 2.24) is 0 Å². The van der Waals surface area contributed by atoms with Crippen LogP contribution in [0.4, 0.5) is 11.4 Å². The zero-order valence-electron chi connectivity index (χ0n) is 11.0. The Labute approximate surface area is 122 Å². The second-order valence-corrected chi connectivity index (χ2v) is 5.02. The highest BCUT2D eigenvalue weighted by Crippen LogP contribution is 2.27. The predicted molar refractivity (Wildman–Crippen MR) is 81.5 cm³/mol. The second-order valence-electron chi connectivity index (χ2n) is 4.61. The molecule has 1 unspecified atom stereocenters. The summed E-state index contributed by atoms with van der Waals surface area (Å²) in [5, 5.41) is 14.4. The number of anilines is 1. The van der Waals surface area contributed by atoms with Crippen molar-refractivity contribution >= 4 is 23.0 Å². The summed E-state index contributed by atoms with van der Waals surface area (Å²) in [5.41, 5.74) is 1.83. The van der Waals surface area contributed by atoms with Crippen molar-refractivity contribution in [3.05, 3.63) is 69.2 Å². The van der Waals surface area contributed by atoms with Crippen molar-refractivity contribution in [3.8, 4) is 0 Å². The van der Waals surface area contributed by atoms with E-state index in [2.05, 4.69) is 24.4 Å². The summed E-state index contributed by atoms with van der Waals surface area (Å²) in [6.07, 6.45) is 0. The molecule has 0 aliphatic carbocycles. The molecule has 0 amide bonds. The molecule has 0 bridgehead atoms. The number of nitrogens with one attached hydrogen (secondary N) is 1. The highest BCUT2D eigenvalue weighted by atomic mass is 35.5. The van der Waals surface area contributed by atoms with Gasteiger partial charge in [0.05, 0.1) is 15.6 Å². The van der Waals surface area contributed by atoms with Gasteiger partial charge in [-0.3, -0.25) is 10.1 Å². The standard InChI is InChI=1S/C15H15ClN2O2/c1-11(12-5-3-2-4-6-12)10-17-15-9-13(18(19)20)7-8-14(15)16/h2-9,11,17H,10H2,1H3. The monoisotopic (exact) mass is 290 g/mol. The summed E-state index contributed by atoms with van der Waals surface area (Å²) in [5.74, 6) is 0.284. The van der Waals surface area contributed by atoms with Crippen LogP contribution in [0, 0.1) is 10.1 Å². The molecule has 1 N–H and O–H groups in total. The summed E-state index contributed by atoms with van der Waals surface area (Å²) in [7, 11) is 0. The third-order valence-corrected chi connectivity index (χ3v) is 3.46. The second kappa shape index (κ2) is 6.39. The number of halogens is 1. The van der Waals surface area contributed by atoms with Crippen molar-refractivity contribution < 1.29 is 4.92 Å². The van der Waals surface area contributed by atoms with Gasteiger partial charge in [0.15, 0.2) is 0 Å². The molecule has 2 aromatic rings. The molecule has 4 nitrogen and oxygen atoms in total. The van der Waals surface area contributed by atoms with Gasteiger partial charge in [0.1, 0.15) is 0 Å². The lowest BCUT2D eigenvalue weighted by molar-refractivity contribution is -0.384. The molecule has 0 aliphatic heterocycles. The number of hydrogen-bond acceptors (Lipinski definition) is 3. The fourth-order valence-electron chi connectivity index (χ4n) is 1.92. The number of nitro groups is 1. The lowest BCUT2D eigenvalue weighted by Crippen LogP contribution is -2.10. The molecule has 0 heterocycles. The molecular weight excluding hydrogens is 276 g/mol. The van der Waals surface area contributed by atoms with Gasteiger partial charge >= 0.3 is 0 Å². The van der Waals surface area contributed by atoms with Gasteiger partial charge < -0.3 is 5.32 Å². The first kappa shape index (κ1) is 14.3. The average molecular weight is 291 g/mol. The van der Waals surface area contributed by atoms with Crippen LogP contribution < -0.4 is 5.32 Å². The SMILES string of the molecule is CC(CNc1cc([N+](=O)[O-])ccc1Cl)c1ccccc1. The summed E-state index contributed by atoms with van der Waals surface area (Å²) < 4.78 is 0. The van der Waals surface area contributed by atoms with E-state index in [0.717, 1.165) is 0 Å². The molecule has 104 valence electrons. The number of non-ortho nitro benzene ring substituents is 1. The van der Waals surface area contributed by atoms with Gasteiger partial charge in [-0.05, 0) is 17.5 Å².